The van der Waals surface area contributed by atoms with Crippen LogP contribution in [0.5, 0.6) is 0 Å². The molecule has 1 unspecified atom stereocenters. The molecule has 4 rings (SSSR count). The maximum atomic E-state index is 13.1. The van der Waals surface area contributed by atoms with Crippen LogP contribution < -0.4 is 11.3 Å². The van der Waals surface area contributed by atoms with Crippen LogP contribution in [0, 0.1) is 30.6 Å². The third-order valence-corrected chi connectivity index (χ3v) is 5.97. The van der Waals surface area contributed by atoms with E-state index in [2.05, 4.69) is 11.1 Å². The van der Waals surface area contributed by atoms with Crippen LogP contribution in [0.25, 0.3) is 10.9 Å². The van der Waals surface area contributed by atoms with Crippen LogP contribution in [-0.2, 0) is 9.53 Å². The van der Waals surface area contributed by atoms with E-state index in [1.807, 2.05) is 39.8 Å². The molecule has 2 aromatic rings. The van der Waals surface area contributed by atoms with Crippen molar-refractivity contribution in [3.8, 4) is 6.07 Å². The van der Waals surface area contributed by atoms with Gasteiger partial charge in [0.2, 0.25) is 5.88 Å². The third-order valence-electron chi connectivity index (χ3n) is 5.97. The van der Waals surface area contributed by atoms with Gasteiger partial charge in [-0.05, 0) is 41.8 Å². The van der Waals surface area contributed by atoms with Gasteiger partial charge >= 0.3 is 0 Å². The molecule has 6 heteroatoms. The van der Waals surface area contributed by atoms with Crippen molar-refractivity contribution in [3.63, 3.8) is 0 Å². The van der Waals surface area contributed by atoms with Gasteiger partial charge in [0.15, 0.2) is 5.78 Å². The SMILES string of the molecule is Cc1ccc2cc(C3C(C#N)=C(N)OC4=C3C(=O)CC(C)(C)C4)c(=O)[nH]c2c1C. The number of hydrogen-bond acceptors (Lipinski definition) is 5. The second kappa shape index (κ2) is 6.35. The number of nitrogens with zero attached hydrogens (tertiary/aromatic N) is 1. The lowest BCUT2D eigenvalue weighted by Gasteiger charge is -2.37. The van der Waals surface area contributed by atoms with Crippen molar-refractivity contribution in [3.05, 3.63) is 68.0 Å². The number of carbonyl (C=O) groups excluding carboxylic acids is 1. The summed E-state index contributed by atoms with van der Waals surface area (Å²) >= 11 is 0. The minimum Gasteiger partial charge on any atom is -0.444 e. The number of aromatic amines is 1. The van der Waals surface area contributed by atoms with Crippen molar-refractivity contribution in [2.45, 2.75) is 46.5 Å². The number of H-pyrrole nitrogens is 1. The van der Waals surface area contributed by atoms with E-state index in [0.717, 1.165) is 22.0 Å². The van der Waals surface area contributed by atoms with Crippen molar-refractivity contribution in [1.82, 2.24) is 4.98 Å². The summed E-state index contributed by atoms with van der Waals surface area (Å²) < 4.78 is 5.70. The molecule has 1 aliphatic heterocycles. The topological polar surface area (TPSA) is 109 Å². The number of fused-ring (bicyclic) bond motifs is 1. The van der Waals surface area contributed by atoms with E-state index in [1.54, 1.807) is 6.07 Å². The smallest absolute Gasteiger partial charge is 0.252 e. The monoisotopic (exact) mass is 389 g/mol. The predicted molar refractivity (Wildman–Crippen MR) is 110 cm³/mol. The lowest BCUT2D eigenvalue weighted by atomic mass is 9.70. The molecule has 0 bridgehead atoms. The van der Waals surface area contributed by atoms with Crippen LogP contribution >= 0.6 is 0 Å². The molecular weight excluding hydrogens is 366 g/mol. The Morgan fingerprint density at radius 1 is 1.24 bits per heavy atom. The van der Waals surface area contributed by atoms with E-state index >= 15 is 0 Å². The number of nitriles is 1. The molecule has 1 aromatic carbocycles. The second-order valence-electron chi connectivity index (χ2n) is 8.73. The summed E-state index contributed by atoms with van der Waals surface area (Å²) in [4.78, 5) is 29.1. The highest BCUT2D eigenvalue weighted by atomic mass is 16.5. The van der Waals surface area contributed by atoms with Crippen molar-refractivity contribution in [2.75, 3.05) is 0 Å². The molecule has 0 amide bonds. The largest absolute Gasteiger partial charge is 0.444 e. The van der Waals surface area contributed by atoms with Crippen LogP contribution in [0.1, 0.15) is 49.3 Å². The van der Waals surface area contributed by atoms with Gasteiger partial charge in [0.05, 0.1) is 11.4 Å². The highest BCUT2D eigenvalue weighted by Crippen LogP contribution is 2.47. The highest BCUT2D eigenvalue weighted by molar-refractivity contribution is 6.00. The Morgan fingerprint density at radius 3 is 2.66 bits per heavy atom. The van der Waals surface area contributed by atoms with Gasteiger partial charge in [0, 0.05) is 24.0 Å². The number of allylic oxidation sites excluding steroid dienone is 3. The predicted octanol–water partition coefficient (Wildman–Crippen LogP) is 3.60. The zero-order valence-corrected chi connectivity index (χ0v) is 17.0. The number of rotatable bonds is 1. The fourth-order valence-corrected chi connectivity index (χ4v) is 4.35. The lowest BCUT2D eigenvalue weighted by molar-refractivity contribution is -0.119. The van der Waals surface area contributed by atoms with Crippen LogP contribution in [-0.4, -0.2) is 10.8 Å². The molecule has 0 fully saturated rings. The molecule has 0 saturated heterocycles. The molecule has 1 aromatic heterocycles. The van der Waals surface area contributed by atoms with Gasteiger partial charge in [-0.15, -0.1) is 0 Å². The molecule has 0 saturated carbocycles. The molecule has 3 N–H and O–H groups in total. The van der Waals surface area contributed by atoms with Gasteiger partial charge in [-0.1, -0.05) is 26.0 Å². The molecule has 2 heterocycles. The lowest BCUT2D eigenvalue weighted by Crippen LogP contribution is -2.35. The molecule has 1 aliphatic carbocycles. The first-order valence-electron chi connectivity index (χ1n) is 9.60. The highest BCUT2D eigenvalue weighted by Gasteiger charge is 2.43. The van der Waals surface area contributed by atoms with Crippen LogP contribution in [0.2, 0.25) is 0 Å². The van der Waals surface area contributed by atoms with Crippen molar-refractivity contribution >= 4 is 16.7 Å². The summed E-state index contributed by atoms with van der Waals surface area (Å²) in [6, 6.07) is 7.74. The van der Waals surface area contributed by atoms with Crippen molar-refractivity contribution in [2.24, 2.45) is 11.1 Å². The van der Waals surface area contributed by atoms with Gasteiger partial charge in [-0.2, -0.15) is 5.26 Å². The molecule has 6 nitrogen and oxygen atoms in total. The van der Waals surface area contributed by atoms with E-state index < -0.39 is 5.92 Å². The first-order chi connectivity index (χ1) is 13.6. The fraction of sp³-hybridized carbons (Fsp3) is 0.348. The summed E-state index contributed by atoms with van der Waals surface area (Å²) in [6.07, 6.45) is 0.849. The zero-order valence-electron chi connectivity index (χ0n) is 17.0. The van der Waals surface area contributed by atoms with E-state index in [1.165, 1.54) is 0 Å². The number of ether oxygens (including phenoxy) is 1. The van der Waals surface area contributed by atoms with E-state index in [-0.39, 0.29) is 28.2 Å². The normalized spacial score (nSPS) is 21.1. The van der Waals surface area contributed by atoms with Gasteiger partial charge in [0.1, 0.15) is 17.4 Å². The Balaban J connectivity index is 1.99. The third kappa shape index (κ3) is 2.94. The number of hydrogen-bond donors (Lipinski definition) is 2. The molecule has 2 aliphatic rings. The van der Waals surface area contributed by atoms with Gasteiger partial charge in [0.25, 0.3) is 5.56 Å². The molecule has 29 heavy (non-hydrogen) atoms. The number of aromatic nitrogens is 1. The average molecular weight is 389 g/mol. The van der Waals surface area contributed by atoms with Crippen LogP contribution in [0.4, 0.5) is 0 Å². The Hall–Kier alpha value is -3.33. The number of nitrogens with one attached hydrogen (secondary N) is 1. The number of aryl methyl sites for hydroxylation is 2. The number of pyridine rings is 1. The average Bonchev–Trinajstić information content (AvgIpc) is 2.63. The maximum Gasteiger partial charge on any atom is 0.252 e. The summed E-state index contributed by atoms with van der Waals surface area (Å²) in [5, 5.41) is 10.6. The number of nitrogens with two attached hydrogens (primary N) is 1. The summed E-state index contributed by atoms with van der Waals surface area (Å²) in [7, 11) is 0. The van der Waals surface area contributed by atoms with Gasteiger partial charge in [-0.25, -0.2) is 0 Å². The summed E-state index contributed by atoms with van der Waals surface area (Å²) in [6.45, 7) is 7.91. The summed E-state index contributed by atoms with van der Waals surface area (Å²) in [5.74, 6) is -0.503. The van der Waals surface area contributed by atoms with Gasteiger partial charge < -0.3 is 15.5 Å². The van der Waals surface area contributed by atoms with Gasteiger partial charge in [-0.3, -0.25) is 9.59 Å². The maximum absolute atomic E-state index is 13.1. The first kappa shape index (κ1) is 19.0. The Kier molecular flexibility index (Phi) is 4.16. The quantitative estimate of drug-likeness (QED) is 0.774. The standard InChI is InChI=1S/C23H23N3O3/c1-11-5-6-13-7-14(22(28)26-20(13)12(11)2)18-15(10-24)21(25)29-17-9-23(3,4)8-16(27)19(17)18/h5-7,18H,8-9,25H2,1-4H3,(H,26,28). The second-order valence-corrected chi connectivity index (χ2v) is 8.73. The number of benzene rings is 1. The minimum atomic E-state index is -0.817. The number of Topliss-reactive ketones (excluding diaryl/α,β-unsaturated/α-hetero) is 1. The molecule has 0 spiro atoms. The number of carbonyl (C=O) groups is 1. The first-order valence-corrected chi connectivity index (χ1v) is 9.60. The molecule has 0 radical (unpaired) electrons. The Morgan fingerprint density at radius 2 is 1.97 bits per heavy atom. The molecular formula is C23H23N3O3. The Bertz CT molecular complexity index is 1240. The van der Waals surface area contributed by atoms with Crippen LogP contribution in [0.3, 0.4) is 0 Å². The van der Waals surface area contributed by atoms with Crippen LogP contribution in [0.15, 0.2) is 45.8 Å². The fourth-order valence-electron chi connectivity index (χ4n) is 4.35. The van der Waals surface area contributed by atoms with E-state index in [9.17, 15) is 14.9 Å². The minimum absolute atomic E-state index is 0.0404. The van der Waals surface area contributed by atoms with E-state index in [4.69, 9.17) is 10.5 Å². The zero-order chi connectivity index (χ0) is 21.1. The van der Waals surface area contributed by atoms with Crippen molar-refractivity contribution in [1.29, 1.82) is 5.26 Å². The van der Waals surface area contributed by atoms with Crippen molar-refractivity contribution < 1.29 is 9.53 Å². The Labute approximate surface area is 168 Å². The summed E-state index contributed by atoms with van der Waals surface area (Å²) in [5.41, 5.74) is 9.08. The number of ketones is 1. The molecule has 148 valence electrons. The molecule has 1 atom stereocenters. The van der Waals surface area contributed by atoms with E-state index in [0.29, 0.717) is 29.7 Å².